The van der Waals surface area contributed by atoms with Gasteiger partial charge in [-0.1, -0.05) is 6.07 Å². The number of aryl methyl sites for hydroxylation is 3. The molecule has 16 heavy (non-hydrogen) atoms. The van der Waals surface area contributed by atoms with Gasteiger partial charge >= 0.3 is 0 Å². The lowest BCUT2D eigenvalue weighted by Crippen LogP contribution is -1.99. The molecule has 0 atom stereocenters. The first-order chi connectivity index (χ1) is 7.72. The summed E-state index contributed by atoms with van der Waals surface area (Å²) in [6.07, 6.45) is 2.68. The Balaban J connectivity index is 2.15. The Labute approximate surface area is 98.8 Å². The van der Waals surface area contributed by atoms with Gasteiger partial charge in [-0.25, -0.2) is 4.98 Å². The smallest absolute Gasteiger partial charge is 0.168 e. The molecule has 0 saturated heterocycles. The highest BCUT2D eigenvalue weighted by Gasteiger charge is 2.11. The van der Waals surface area contributed by atoms with E-state index in [1.807, 2.05) is 24.6 Å². The molecule has 0 bridgehead atoms. The van der Waals surface area contributed by atoms with Crippen LogP contribution in [-0.2, 0) is 19.9 Å². The molecule has 0 unspecified atom stereocenters. The molecule has 0 N–H and O–H groups in total. The first-order valence-corrected chi connectivity index (χ1v) is 6.10. The van der Waals surface area contributed by atoms with Crippen molar-refractivity contribution in [1.29, 1.82) is 0 Å². The Morgan fingerprint density at radius 3 is 2.94 bits per heavy atom. The molecular weight excluding hydrogens is 220 g/mol. The van der Waals surface area contributed by atoms with Crippen molar-refractivity contribution in [2.24, 2.45) is 7.05 Å². The summed E-state index contributed by atoms with van der Waals surface area (Å²) in [5, 5.41) is 2.07. The number of imidazole rings is 1. The number of hydrogen-bond acceptors (Lipinski definition) is 3. The molecule has 2 rings (SSSR count). The molecule has 84 valence electrons. The molecule has 0 amide bonds. The quantitative estimate of drug-likeness (QED) is 0.761. The Morgan fingerprint density at radius 1 is 1.50 bits per heavy atom. The van der Waals surface area contributed by atoms with Crippen molar-refractivity contribution in [3.63, 3.8) is 0 Å². The maximum Gasteiger partial charge on any atom is 0.168 e. The molecule has 0 spiro atoms. The summed E-state index contributed by atoms with van der Waals surface area (Å²) < 4.78 is 1.84. The molecule has 0 aliphatic carbocycles. The number of hydrogen-bond donors (Lipinski definition) is 0. The van der Waals surface area contributed by atoms with Crippen LogP contribution in [0.3, 0.4) is 0 Å². The minimum atomic E-state index is 0.703. The summed E-state index contributed by atoms with van der Waals surface area (Å²) in [6.45, 7) is 1.92. The third-order valence-corrected chi connectivity index (χ3v) is 3.68. The van der Waals surface area contributed by atoms with Crippen LogP contribution in [0.2, 0.25) is 0 Å². The fourth-order valence-electron chi connectivity index (χ4n) is 1.72. The second-order valence-electron chi connectivity index (χ2n) is 3.75. The van der Waals surface area contributed by atoms with E-state index >= 15 is 0 Å². The van der Waals surface area contributed by atoms with Gasteiger partial charge < -0.3 is 4.57 Å². The van der Waals surface area contributed by atoms with Crippen LogP contribution < -0.4 is 0 Å². The van der Waals surface area contributed by atoms with Gasteiger partial charge in [0.2, 0.25) is 0 Å². The van der Waals surface area contributed by atoms with Gasteiger partial charge in [-0.2, -0.15) is 0 Å². The molecule has 0 aromatic carbocycles. The van der Waals surface area contributed by atoms with Crippen molar-refractivity contribution in [1.82, 2.24) is 9.55 Å². The van der Waals surface area contributed by atoms with E-state index in [4.69, 9.17) is 0 Å². The Kier molecular flexibility index (Phi) is 3.19. The van der Waals surface area contributed by atoms with E-state index in [0.29, 0.717) is 5.69 Å². The lowest BCUT2D eigenvalue weighted by molar-refractivity contribution is 0.111. The van der Waals surface area contributed by atoms with Crippen LogP contribution in [0.4, 0.5) is 0 Å². The van der Waals surface area contributed by atoms with Crippen LogP contribution >= 0.6 is 11.3 Å². The number of aromatic nitrogens is 2. The zero-order chi connectivity index (χ0) is 11.5. The largest absolute Gasteiger partial charge is 0.329 e. The summed E-state index contributed by atoms with van der Waals surface area (Å²) in [6, 6.07) is 4.16. The van der Waals surface area contributed by atoms with E-state index in [2.05, 4.69) is 16.4 Å². The van der Waals surface area contributed by atoms with Crippen molar-refractivity contribution < 1.29 is 4.79 Å². The summed E-state index contributed by atoms with van der Waals surface area (Å²) in [4.78, 5) is 16.7. The van der Waals surface area contributed by atoms with Gasteiger partial charge in [-0.05, 0) is 31.2 Å². The molecule has 2 heterocycles. The maximum atomic E-state index is 11.0. The first-order valence-electron chi connectivity index (χ1n) is 5.22. The van der Waals surface area contributed by atoms with E-state index in [1.54, 1.807) is 11.3 Å². The zero-order valence-electron chi connectivity index (χ0n) is 9.43. The van der Waals surface area contributed by atoms with Crippen LogP contribution in [0.5, 0.6) is 0 Å². The number of rotatable bonds is 4. The topological polar surface area (TPSA) is 34.9 Å². The van der Waals surface area contributed by atoms with Crippen LogP contribution in [0.15, 0.2) is 17.5 Å². The van der Waals surface area contributed by atoms with E-state index in [0.717, 1.165) is 30.6 Å². The van der Waals surface area contributed by atoms with Gasteiger partial charge in [0.25, 0.3) is 0 Å². The molecule has 4 heteroatoms. The van der Waals surface area contributed by atoms with Crippen molar-refractivity contribution in [3.8, 4) is 0 Å². The Bertz CT molecular complexity index is 485. The molecule has 0 saturated carbocycles. The van der Waals surface area contributed by atoms with Crippen LogP contribution in [0.1, 0.15) is 26.9 Å². The average Bonchev–Trinajstić information content (AvgIpc) is 2.86. The van der Waals surface area contributed by atoms with Crippen LogP contribution in [-0.4, -0.2) is 15.8 Å². The number of thiophene rings is 1. The summed E-state index contributed by atoms with van der Waals surface area (Å²) in [5.41, 5.74) is 1.61. The Morgan fingerprint density at radius 2 is 2.31 bits per heavy atom. The fourth-order valence-corrected chi connectivity index (χ4v) is 2.43. The highest BCUT2D eigenvalue weighted by molar-refractivity contribution is 7.09. The second kappa shape index (κ2) is 4.61. The van der Waals surface area contributed by atoms with Crippen LogP contribution in [0.25, 0.3) is 0 Å². The van der Waals surface area contributed by atoms with E-state index < -0.39 is 0 Å². The van der Waals surface area contributed by atoms with E-state index in [9.17, 15) is 4.79 Å². The number of carbonyl (C=O) groups is 1. The molecule has 0 aliphatic heterocycles. The van der Waals surface area contributed by atoms with Gasteiger partial charge in [0, 0.05) is 11.9 Å². The zero-order valence-corrected chi connectivity index (χ0v) is 10.3. The molecule has 3 nitrogen and oxygen atoms in total. The molecule has 2 aromatic rings. The monoisotopic (exact) mass is 234 g/mol. The maximum absolute atomic E-state index is 11.0. The SMILES string of the molecule is Cc1nc(CCc2cccs2)c(C=O)n1C. The number of nitrogens with zero attached hydrogens (tertiary/aromatic N) is 2. The van der Waals surface area contributed by atoms with Crippen molar-refractivity contribution in [2.75, 3.05) is 0 Å². The second-order valence-corrected chi connectivity index (χ2v) is 4.78. The first kappa shape index (κ1) is 11.1. The predicted molar refractivity (Wildman–Crippen MR) is 65.1 cm³/mol. The number of carbonyl (C=O) groups excluding carboxylic acids is 1. The van der Waals surface area contributed by atoms with Gasteiger partial charge in [0.15, 0.2) is 6.29 Å². The summed E-state index contributed by atoms with van der Waals surface area (Å²) in [7, 11) is 1.88. The highest BCUT2D eigenvalue weighted by atomic mass is 32.1. The van der Waals surface area contributed by atoms with Crippen molar-refractivity contribution >= 4 is 17.6 Å². The average molecular weight is 234 g/mol. The van der Waals surface area contributed by atoms with Crippen molar-refractivity contribution in [2.45, 2.75) is 19.8 Å². The third kappa shape index (κ3) is 2.07. The number of aldehydes is 1. The van der Waals surface area contributed by atoms with Gasteiger partial charge in [-0.3, -0.25) is 4.79 Å². The third-order valence-electron chi connectivity index (χ3n) is 2.74. The highest BCUT2D eigenvalue weighted by Crippen LogP contribution is 2.14. The fraction of sp³-hybridized carbons (Fsp3) is 0.333. The summed E-state index contributed by atoms with van der Waals surface area (Å²) in [5.74, 6) is 0.892. The lowest BCUT2D eigenvalue weighted by atomic mass is 10.2. The van der Waals surface area contributed by atoms with Crippen LogP contribution in [0, 0.1) is 6.92 Å². The van der Waals surface area contributed by atoms with Crippen molar-refractivity contribution in [3.05, 3.63) is 39.6 Å². The normalized spacial score (nSPS) is 10.6. The lowest BCUT2D eigenvalue weighted by Gasteiger charge is -1.98. The minimum absolute atomic E-state index is 0.703. The van der Waals surface area contributed by atoms with E-state index in [-0.39, 0.29) is 0 Å². The summed E-state index contributed by atoms with van der Waals surface area (Å²) >= 11 is 1.74. The van der Waals surface area contributed by atoms with Gasteiger partial charge in [0.05, 0.1) is 5.69 Å². The molecular formula is C12H14N2OS. The molecule has 2 aromatic heterocycles. The Hall–Kier alpha value is -1.42. The van der Waals surface area contributed by atoms with E-state index in [1.165, 1.54) is 4.88 Å². The molecule has 0 aliphatic rings. The van der Waals surface area contributed by atoms with Gasteiger partial charge in [-0.15, -0.1) is 11.3 Å². The molecule has 0 fully saturated rings. The molecule has 0 radical (unpaired) electrons. The minimum Gasteiger partial charge on any atom is -0.329 e. The predicted octanol–water partition coefficient (Wildman–Crippen LogP) is 2.39. The van der Waals surface area contributed by atoms with Gasteiger partial charge in [0.1, 0.15) is 11.5 Å². The standard InChI is InChI=1S/C12H14N2OS/c1-9-13-11(12(8-15)14(9)2)6-5-10-4-3-7-16-10/h3-4,7-8H,5-6H2,1-2H3.